The number of aromatic nitrogens is 2. The fourth-order valence-corrected chi connectivity index (χ4v) is 4.86. The molecule has 6 nitrogen and oxygen atoms in total. The molecule has 3 aromatic rings. The van der Waals surface area contributed by atoms with E-state index in [4.69, 9.17) is 4.52 Å². The van der Waals surface area contributed by atoms with Crippen molar-refractivity contribution in [1.29, 1.82) is 0 Å². The average Bonchev–Trinajstić information content (AvgIpc) is 3.36. The van der Waals surface area contributed by atoms with Crippen molar-refractivity contribution in [3.63, 3.8) is 0 Å². The average molecular weight is 361 g/mol. The summed E-state index contributed by atoms with van der Waals surface area (Å²) in [7, 11) is -3.40. The van der Waals surface area contributed by atoms with E-state index in [1.54, 1.807) is 24.3 Å². The van der Waals surface area contributed by atoms with Crippen LogP contribution in [0.15, 0.2) is 51.2 Å². The van der Waals surface area contributed by atoms with Crippen molar-refractivity contribution in [3.05, 3.63) is 41.8 Å². The first-order chi connectivity index (χ1) is 11.6. The first-order valence-corrected chi connectivity index (χ1v) is 9.95. The van der Waals surface area contributed by atoms with E-state index in [1.807, 2.05) is 17.5 Å². The largest absolute Gasteiger partial charge is 0.333 e. The molecule has 0 amide bonds. The van der Waals surface area contributed by atoms with Crippen LogP contribution in [0.1, 0.15) is 12.8 Å². The lowest BCUT2D eigenvalue weighted by Gasteiger charge is -2.15. The van der Waals surface area contributed by atoms with Gasteiger partial charge in [-0.25, -0.2) is 8.42 Å². The normalized spacial score (nSPS) is 15.8. The second kappa shape index (κ2) is 6.12. The quantitative estimate of drug-likeness (QED) is 0.713. The molecule has 3 heterocycles. The van der Waals surface area contributed by atoms with Crippen LogP contribution in [-0.2, 0) is 10.0 Å². The van der Waals surface area contributed by atoms with Crippen LogP contribution in [0.5, 0.6) is 0 Å². The Morgan fingerprint density at radius 2 is 1.83 bits per heavy atom. The number of hydrogen-bond donors (Lipinski definition) is 0. The molecule has 2 aromatic heterocycles. The molecule has 4 rings (SSSR count). The van der Waals surface area contributed by atoms with Gasteiger partial charge in [-0.15, -0.1) is 11.3 Å². The van der Waals surface area contributed by atoms with Crippen LogP contribution in [0, 0.1) is 0 Å². The van der Waals surface area contributed by atoms with Gasteiger partial charge in [0.15, 0.2) is 0 Å². The molecule has 1 aromatic carbocycles. The number of sulfonamides is 1. The Labute approximate surface area is 143 Å². The molecule has 0 spiro atoms. The Bertz CT molecular complexity index is 925. The Balaban J connectivity index is 1.60. The number of rotatable bonds is 4. The predicted molar refractivity (Wildman–Crippen MR) is 91.0 cm³/mol. The molecule has 0 N–H and O–H groups in total. The van der Waals surface area contributed by atoms with Gasteiger partial charge in [-0.3, -0.25) is 0 Å². The maximum Gasteiger partial charge on any atom is 0.268 e. The zero-order chi connectivity index (χ0) is 16.6. The van der Waals surface area contributed by atoms with Gasteiger partial charge in [0.1, 0.15) is 0 Å². The molecule has 1 fully saturated rings. The summed E-state index contributed by atoms with van der Waals surface area (Å²) < 4.78 is 31.8. The molecule has 24 heavy (non-hydrogen) atoms. The lowest BCUT2D eigenvalue weighted by molar-refractivity contribution is 0.433. The third-order valence-electron chi connectivity index (χ3n) is 3.97. The van der Waals surface area contributed by atoms with Crippen molar-refractivity contribution in [1.82, 2.24) is 14.4 Å². The summed E-state index contributed by atoms with van der Waals surface area (Å²) in [5, 5.41) is 5.91. The Morgan fingerprint density at radius 1 is 1.08 bits per heavy atom. The minimum Gasteiger partial charge on any atom is -0.333 e. The second-order valence-electron chi connectivity index (χ2n) is 5.54. The van der Waals surface area contributed by atoms with E-state index in [9.17, 15) is 8.42 Å². The van der Waals surface area contributed by atoms with E-state index in [2.05, 4.69) is 10.1 Å². The van der Waals surface area contributed by atoms with E-state index < -0.39 is 10.0 Å². The van der Waals surface area contributed by atoms with Crippen LogP contribution in [0.25, 0.3) is 22.2 Å². The van der Waals surface area contributed by atoms with Gasteiger partial charge in [0.2, 0.25) is 15.8 Å². The van der Waals surface area contributed by atoms with Crippen LogP contribution in [0.3, 0.4) is 0 Å². The zero-order valence-corrected chi connectivity index (χ0v) is 14.4. The highest BCUT2D eigenvalue weighted by Gasteiger charge is 2.27. The van der Waals surface area contributed by atoms with Crippen molar-refractivity contribution in [2.24, 2.45) is 0 Å². The monoisotopic (exact) mass is 361 g/mol. The molecule has 0 radical (unpaired) electrons. The van der Waals surface area contributed by atoms with Crippen molar-refractivity contribution in [2.75, 3.05) is 13.1 Å². The molecule has 1 saturated heterocycles. The summed E-state index contributed by atoms with van der Waals surface area (Å²) in [6.45, 7) is 1.19. The van der Waals surface area contributed by atoms with Crippen molar-refractivity contribution in [3.8, 4) is 22.2 Å². The maximum atomic E-state index is 12.5. The number of hydrogen-bond acceptors (Lipinski definition) is 6. The Morgan fingerprint density at radius 3 is 2.50 bits per heavy atom. The van der Waals surface area contributed by atoms with Crippen molar-refractivity contribution >= 4 is 21.4 Å². The third-order valence-corrected chi connectivity index (χ3v) is 6.74. The molecule has 1 aliphatic rings. The topological polar surface area (TPSA) is 76.3 Å². The lowest BCUT2D eigenvalue weighted by Crippen LogP contribution is -2.27. The molecule has 0 bridgehead atoms. The minimum absolute atomic E-state index is 0.301. The van der Waals surface area contributed by atoms with Gasteiger partial charge in [-0.05, 0) is 48.6 Å². The molecule has 0 aliphatic carbocycles. The molecule has 0 saturated carbocycles. The predicted octanol–water partition coefficient (Wildman–Crippen LogP) is 3.25. The summed E-state index contributed by atoms with van der Waals surface area (Å²) in [6.07, 6.45) is 1.84. The molecule has 1 aliphatic heterocycles. The molecular weight excluding hydrogens is 346 g/mol. The Hall–Kier alpha value is -2.03. The van der Waals surface area contributed by atoms with E-state index in [-0.39, 0.29) is 0 Å². The van der Waals surface area contributed by atoms with E-state index in [1.165, 1.54) is 15.6 Å². The van der Waals surface area contributed by atoms with E-state index in [0.717, 1.165) is 23.3 Å². The highest BCUT2D eigenvalue weighted by atomic mass is 32.2. The molecular formula is C16H15N3O3S2. The second-order valence-corrected chi connectivity index (χ2v) is 8.42. The summed E-state index contributed by atoms with van der Waals surface area (Å²) in [6, 6.07) is 10.5. The smallest absolute Gasteiger partial charge is 0.268 e. The standard InChI is InChI=1S/C16H15N3O3S2/c20-24(21,19-9-1-2-10-19)13-7-5-12(6-8-13)15-17-16(22-18-15)14-4-3-11-23-14/h3-8,11H,1-2,9-10H2. The number of nitrogens with zero attached hydrogens (tertiary/aromatic N) is 3. The SMILES string of the molecule is O=S(=O)(c1ccc(-c2noc(-c3cccs3)n2)cc1)N1CCCC1. The third kappa shape index (κ3) is 2.77. The van der Waals surface area contributed by atoms with Crippen LogP contribution < -0.4 is 0 Å². The number of benzene rings is 1. The fourth-order valence-electron chi connectivity index (χ4n) is 2.69. The molecule has 8 heteroatoms. The lowest BCUT2D eigenvalue weighted by atomic mass is 10.2. The van der Waals surface area contributed by atoms with Crippen molar-refractivity contribution in [2.45, 2.75) is 17.7 Å². The Kier molecular flexibility index (Phi) is 3.95. The molecule has 0 unspecified atom stereocenters. The first kappa shape index (κ1) is 15.5. The summed E-state index contributed by atoms with van der Waals surface area (Å²) in [5.41, 5.74) is 0.724. The first-order valence-electron chi connectivity index (χ1n) is 7.63. The van der Waals surface area contributed by atoms with Gasteiger partial charge >= 0.3 is 0 Å². The van der Waals surface area contributed by atoms with Gasteiger partial charge in [0.25, 0.3) is 5.89 Å². The zero-order valence-electron chi connectivity index (χ0n) is 12.8. The van der Waals surface area contributed by atoms with Gasteiger partial charge in [-0.2, -0.15) is 9.29 Å². The molecule has 124 valence electrons. The van der Waals surface area contributed by atoms with Gasteiger partial charge < -0.3 is 4.52 Å². The van der Waals surface area contributed by atoms with Gasteiger partial charge in [0, 0.05) is 18.7 Å². The van der Waals surface area contributed by atoms with E-state index in [0.29, 0.717) is 29.7 Å². The van der Waals surface area contributed by atoms with Crippen LogP contribution in [0.2, 0.25) is 0 Å². The van der Waals surface area contributed by atoms with Crippen molar-refractivity contribution < 1.29 is 12.9 Å². The van der Waals surface area contributed by atoms with Gasteiger partial charge in [-0.1, -0.05) is 11.2 Å². The van der Waals surface area contributed by atoms with Crippen LogP contribution >= 0.6 is 11.3 Å². The fraction of sp³-hybridized carbons (Fsp3) is 0.250. The van der Waals surface area contributed by atoms with Crippen LogP contribution in [-0.4, -0.2) is 36.0 Å². The molecule has 0 atom stereocenters. The summed E-state index contributed by atoms with van der Waals surface area (Å²) >= 11 is 1.52. The maximum absolute atomic E-state index is 12.5. The highest BCUT2D eigenvalue weighted by molar-refractivity contribution is 7.89. The number of thiophene rings is 1. The summed E-state index contributed by atoms with van der Waals surface area (Å²) in [4.78, 5) is 5.57. The van der Waals surface area contributed by atoms with Gasteiger partial charge in [0.05, 0.1) is 9.77 Å². The summed E-state index contributed by atoms with van der Waals surface area (Å²) in [5.74, 6) is 0.914. The highest BCUT2D eigenvalue weighted by Crippen LogP contribution is 2.27. The van der Waals surface area contributed by atoms with Crippen LogP contribution in [0.4, 0.5) is 0 Å². The van der Waals surface area contributed by atoms with E-state index >= 15 is 0 Å². The minimum atomic E-state index is -3.40.